The number of aromatic nitrogens is 1. The average Bonchev–Trinajstić information content (AvgIpc) is 3.20. The minimum absolute atomic E-state index is 0.255. The lowest BCUT2D eigenvalue weighted by molar-refractivity contribution is 0.159. The second-order valence-electron chi connectivity index (χ2n) is 8.23. The van der Waals surface area contributed by atoms with Gasteiger partial charge in [-0.2, -0.15) is 5.10 Å². The van der Waals surface area contributed by atoms with Crippen LogP contribution in [0.1, 0.15) is 5.56 Å². The van der Waals surface area contributed by atoms with E-state index < -0.39 is 10.0 Å². The molecule has 5 rings (SSSR count). The van der Waals surface area contributed by atoms with E-state index in [2.05, 4.69) is 11.9 Å². The van der Waals surface area contributed by atoms with Crippen LogP contribution in [0, 0.1) is 0 Å². The lowest BCUT2D eigenvalue weighted by Gasteiger charge is -2.30. The first-order valence-electron chi connectivity index (χ1n) is 11.0. The summed E-state index contributed by atoms with van der Waals surface area (Å²) in [5, 5.41) is 7.67. The van der Waals surface area contributed by atoms with Crippen LogP contribution in [0.25, 0.3) is 22.2 Å². The Kier molecular flexibility index (Phi) is 5.74. The Morgan fingerprint density at radius 1 is 0.788 bits per heavy atom. The molecule has 0 spiro atoms. The van der Waals surface area contributed by atoms with Crippen LogP contribution in [-0.4, -0.2) is 61.7 Å². The van der Waals surface area contributed by atoms with E-state index in [1.807, 2.05) is 71.9 Å². The molecule has 7 heteroatoms. The largest absolute Gasteiger partial charge is 0.303 e. The van der Waals surface area contributed by atoms with Crippen molar-refractivity contribution in [3.05, 3.63) is 90.5 Å². The van der Waals surface area contributed by atoms with Crippen molar-refractivity contribution in [2.24, 2.45) is 5.10 Å². The van der Waals surface area contributed by atoms with Gasteiger partial charge < -0.3 is 4.90 Å². The van der Waals surface area contributed by atoms with Crippen LogP contribution < -0.4 is 0 Å². The minimum atomic E-state index is -3.84. The van der Waals surface area contributed by atoms with Gasteiger partial charge in [0.1, 0.15) is 0 Å². The highest BCUT2D eigenvalue weighted by molar-refractivity contribution is 7.90. The standard InChI is InChI=1S/C26H26N4O2S/c1-28-16-18-29(19-17-28)27-20-24-23-14-8-9-15-25(23)30(26(24)21-10-4-2-5-11-21)33(31,32)22-12-6-3-7-13-22/h2-15,20H,16-19H2,1H3. The van der Waals surface area contributed by atoms with Gasteiger partial charge in [-0.3, -0.25) is 5.01 Å². The molecule has 1 aliphatic heterocycles. The minimum Gasteiger partial charge on any atom is -0.303 e. The van der Waals surface area contributed by atoms with Crippen molar-refractivity contribution in [1.82, 2.24) is 13.9 Å². The summed E-state index contributed by atoms with van der Waals surface area (Å²) in [6.07, 6.45) is 1.83. The molecule has 3 aromatic carbocycles. The van der Waals surface area contributed by atoms with Crippen molar-refractivity contribution in [2.45, 2.75) is 4.90 Å². The van der Waals surface area contributed by atoms with Crippen molar-refractivity contribution in [3.63, 3.8) is 0 Å². The molecule has 0 unspecified atom stereocenters. The zero-order valence-electron chi connectivity index (χ0n) is 18.5. The topological polar surface area (TPSA) is 57.9 Å². The van der Waals surface area contributed by atoms with Crippen molar-refractivity contribution in [1.29, 1.82) is 0 Å². The number of nitrogens with zero attached hydrogens (tertiary/aromatic N) is 4. The predicted molar refractivity (Wildman–Crippen MR) is 133 cm³/mol. The maximum absolute atomic E-state index is 13.9. The second-order valence-corrected chi connectivity index (χ2v) is 10.0. The maximum Gasteiger partial charge on any atom is 0.268 e. The number of hydrogen-bond donors (Lipinski definition) is 0. The van der Waals surface area contributed by atoms with E-state index in [4.69, 9.17) is 5.10 Å². The van der Waals surface area contributed by atoms with Gasteiger partial charge in [0, 0.05) is 37.1 Å². The van der Waals surface area contributed by atoms with Gasteiger partial charge in [-0.1, -0.05) is 66.7 Å². The fourth-order valence-electron chi connectivity index (χ4n) is 4.23. The first-order valence-corrected chi connectivity index (χ1v) is 12.5. The third kappa shape index (κ3) is 4.05. The fourth-order valence-corrected chi connectivity index (χ4v) is 5.81. The normalized spacial score (nSPS) is 15.5. The SMILES string of the molecule is CN1CCN(N=Cc2c(-c3ccccc3)n(S(=O)(=O)c3ccccc3)c3ccccc23)CC1. The Labute approximate surface area is 194 Å². The van der Waals surface area contributed by atoms with Gasteiger partial charge in [0.05, 0.1) is 22.3 Å². The summed E-state index contributed by atoms with van der Waals surface area (Å²) in [4.78, 5) is 2.53. The molecular formula is C26H26N4O2S. The van der Waals surface area contributed by atoms with Crippen molar-refractivity contribution in [3.8, 4) is 11.3 Å². The molecule has 1 aliphatic rings. The summed E-state index contributed by atoms with van der Waals surface area (Å²) in [5.74, 6) is 0. The van der Waals surface area contributed by atoms with Crippen LogP contribution in [0.4, 0.5) is 0 Å². The van der Waals surface area contributed by atoms with E-state index in [-0.39, 0.29) is 4.90 Å². The summed E-state index contributed by atoms with van der Waals surface area (Å²) in [6.45, 7) is 3.59. The van der Waals surface area contributed by atoms with Crippen LogP contribution in [0.3, 0.4) is 0 Å². The number of piperazine rings is 1. The van der Waals surface area contributed by atoms with Crippen LogP contribution in [0.15, 0.2) is 94.9 Å². The predicted octanol–water partition coefficient (Wildman–Crippen LogP) is 4.13. The van der Waals surface area contributed by atoms with E-state index in [1.165, 1.54) is 3.97 Å². The highest BCUT2D eigenvalue weighted by Gasteiger charge is 2.27. The van der Waals surface area contributed by atoms with Gasteiger partial charge in [0.15, 0.2) is 0 Å². The van der Waals surface area contributed by atoms with Crippen molar-refractivity contribution < 1.29 is 8.42 Å². The summed E-state index contributed by atoms with van der Waals surface area (Å²) in [6, 6.07) is 25.9. The molecule has 0 radical (unpaired) electrons. The molecule has 33 heavy (non-hydrogen) atoms. The van der Waals surface area contributed by atoms with Crippen LogP contribution in [0.2, 0.25) is 0 Å². The Bertz CT molecular complexity index is 1390. The monoisotopic (exact) mass is 458 g/mol. The van der Waals surface area contributed by atoms with Gasteiger partial charge in [0.2, 0.25) is 0 Å². The number of fused-ring (bicyclic) bond motifs is 1. The zero-order chi connectivity index (χ0) is 22.8. The van der Waals surface area contributed by atoms with Gasteiger partial charge >= 0.3 is 0 Å². The molecule has 1 fully saturated rings. The molecule has 0 bridgehead atoms. The third-order valence-corrected chi connectivity index (χ3v) is 7.76. The van der Waals surface area contributed by atoms with E-state index in [0.717, 1.165) is 42.7 Å². The Morgan fingerprint density at radius 3 is 2.09 bits per heavy atom. The molecule has 1 saturated heterocycles. The highest BCUT2D eigenvalue weighted by atomic mass is 32.2. The molecule has 4 aromatic rings. The van der Waals surface area contributed by atoms with E-state index in [0.29, 0.717) is 11.2 Å². The molecule has 6 nitrogen and oxygen atoms in total. The molecule has 0 aliphatic carbocycles. The lowest BCUT2D eigenvalue weighted by Crippen LogP contribution is -2.41. The van der Waals surface area contributed by atoms with Crippen molar-refractivity contribution in [2.75, 3.05) is 33.2 Å². The van der Waals surface area contributed by atoms with Crippen LogP contribution >= 0.6 is 0 Å². The number of hydrazone groups is 1. The summed E-state index contributed by atoms with van der Waals surface area (Å²) < 4.78 is 29.3. The van der Waals surface area contributed by atoms with Gasteiger partial charge in [-0.05, 0) is 30.8 Å². The van der Waals surface area contributed by atoms with Gasteiger partial charge in [-0.25, -0.2) is 12.4 Å². The molecule has 1 aromatic heterocycles. The maximum atomic E-state index is 13.9. The van der Waals surface area contributed by atoms with Crippen LogP contribution in [0.5, 0.6) is 0 Å². The Hall–Kier alpha value is -3.42. The number of benzene rings is 3. The Balaban J connectivity index is 1.75. The van der Waals surface area contributed by atoms with Crippen molar-refractivity contribution >= 4 is 27.1 Å². The van der Waals surface area contributed by atoms with E-state index >= 15 is 0 Å². The molecule has 0 saturated carbocycles. The number of para-hydroxylation sites is 1. The van der Waals surface area contributed by atoms with E-state index in [9.17, 15) is 8.42 Å². The first kappa shape index (κ1) is 21.4. The molecule has 2 heterocycles. The molecular weight excluding hydrogens is 432 g/mol. The summed E-state index contributed by atoms with van der Waals surface area (Å²) >= 11 is 0. The Morgan fingerprint density at radius 2 is 1.39 bits per heavy atom. The highest BCUT2D eigenvalue weighted by Crippen LogP contribution is 2.36. The lowest BCUT2D eigenvalue weighted by atomic mass is 10.1. The zero-order valence-corrected chi connectivity index (χ0v) is 19.3. The number of rotatable bonds is 5. The quantitative estimate of drug-likeness (QED) is 0.422. The molecule has 0 atom stereocenters. The molecule has 0 N–H and O–H groups in total. The fraction of sp³-hybridized carbons (Fsp3) is 0.192. The van der Waals surface area contributed by atoms with Gasteiger partial charge in [0.25, 0.3) is 10.0 Å². The third-order valence-electron chi connectivity index (χ3n) is 6.03. The molecule has 168 valence electrons. The van der Waals surface area contributed by atoms with E-state index in [1.54, 1.807) is 24.3 Å². The van der Waals surface area contributed by atoms with Gasteiger partial charge in [-0.15, -0.1) is 0 Å². The second kappa shape index (κ2) is 8.84. The molecule has 0 amide bonds. The van der Waals surface area contributed by atoms with Crippen LogP contribution in [-0.2, 0) is 10.0 Å². The first-order chi connectivity index (χ1) is 16.1. The smallest absolute Gasteiger partial charge is 0.268 e. The number of likely N-dealkylation sites (N-methyl/N-ethyl adjacent to an activating group) is 1. The summed E-state index contributed by atoms with van der Waals surface area (Å²) in [5.41, 5.74) is 2.89. The number of hydrogen-bond acceptors (Lipinski definition) is 5. The summed E-state index contributed by atoms with van der Waals surface area (Å²) in [7, 11) is -1.73. The average molecular weight is 459 g/mol.